The van der Waals surface area contributed by atoms with Crippen molar-refractivity contribution in [2.45, 2.75) is 37.4 Å². The number of pyridine rings is 1. The summed E-state index contributed by atoms with van der Waals surface area (Å²) in [7, 11) is -3.55. The van der Waals surface area contributed by atoms with Crippen LogP contribution in [0.3, 0.4) is 0 Å². The number of anilines is 1. The Bertz CT molecular complexity index is 565. The molecule has 1 aliphatic carbocycles. The second-order valence-electron chi connectivity index (χ2n) is 4.61. The smallest absolute Gasteiger partial charge is 0.356 e. The van der Waals surface area contributed by atoms with Crippen LogP contribution in [-0.4, -0.2) is 29.7 Å². The molecule has 0 saturated heterocycles. The minimum Gasteiger partial charge on any atom is -0.476 e. The van der Waals surface area contributed by atoms with Gasteiger partial charge in [-0.15, -0.1) is 0 Å². The summed E-state index contributed by atoms with van der Waals surface area (Å²) < 4.78 is 26.8. The largest absolute Gasteiger partial charge is 0.476 e. The molecule has 1 aliphatic rings. The topological polar surface area (TPSA) is 96.4 Å². The van der Waals surface area contributed by atoms with Crippen LogP contribution in [0.2, 0.25) is 0 Å². The summed E-state index contributed by atoms with van der Waals surface area (Å²) in [6.07, 6.45) is 5.41. The first-order chi connectivity index (χ1) is 9.00. The molecule has 1 heterocycles. The maximum atomic E-state index is 12.2. The molecule has 1 aromatic rings. The van der Waals surface area contributed by atoms with Gasteiger partial charge in [0.05, 0.1) is 10.9 Å². The van der Waals surface area contributed by atoms with E-state index in [1.807, 2.05) is 0 Å². The zero-order valence-corrected chi connectivity index (χ0v) is 11.2. The van der Waals surface area contributed by atoms with Crippen molar-refractivity contribution in [3.63, 3.8) is 0 Å². The van der Waals surface area contributed by atoms with Gasteiger partial charge in [-0.05, 0) is 25.0 Å². The van der Waals surface area contributed by atoms with Crippen molar-refractivity contribution in [2.24, 2.45) is 0 Å². The summed E-state index contributed by atoms with van der Waals surface area (Å²) in [5.74, 6) is -1.25. The zero-order chi connectivity index (χ0) is 13.9. The number of carboxylic acids is 1. The number of rotatable bonds is 4. The monoisotopic (exact) mass is 284 g/mol. The van der Waals surface area contributed by atoms with Crippen LogP contribution in [0.25, 0.3) is 0 Å². The lowest BCUT2D eigenvalue weighted by atomic mass is 10.0. The van der Waals surface area contributed by atoms with Crippen molar-refractivity contribution in [3.8, 4) is 0 Å². The highest BCUT2D eigenvalue weighted by atomic mass is 32.2. The number of nitrogens with zero attached hydrogens (tertiary/aromatic N) is 1. The Morgan fingerprint density at radius 2 is 2.00 bits per heavy atom. The highest BCUT2D eigenvalue weighted by Gasteiger charge is 2.28. The average molecular weight is 284 g/mol. The van der Waals surface area contributed by atoms with Gasteiger partial charge in [-0.2, -0.15) is 0 Å². The van der Waals surface area contributed by atoms with E-state index < -0.39 is 21.2 Å². The third-order valence-electron chi connectivity index (χ3n) is 3.25. The average Bonchev–Trinajstić information content (AvgIpc) is 2.39. The summed E-state index contributed by atoms with van der Waals surface area (Å²) in [5.41, 5.74) is -0.248. The van der Waals surface area contributed by atoms with E-state index in [0.29, 0.717) is 12.8 Å². The maximum Gasteiger partial charge on any atom is 0.356 e. The van der Waals surface area contributed by atoms with Crippen LogP contribution in [-0.2, 0) is 10.0 Å². The minimum atomic E-state index is -3.55. The lowest BCUT2D eigenvalue weighted by Gasteiger charge is -2.22. The van der Waals surface area contributed by atoms with Crippen LogP contribution in [0.1, 0.15) is 42.6 Å². The van der Waals surface area contributed by atoms with Gasteiger partial charge < -0.3 is 5.11 Å². The third-order valence-corrected chi connectivity index (χ3v) is 5.11. The number of carboxylic acid groups (broad SMARTS) is 1. The molecule has 0 aliphatic heterocycles. The minimum absolute atomic E-state index is 0.0283. The Morgan fingerprint density at radius 1 is 1.32 bits per heavy atom. The van der Waals surface area contributed by atoms with Gasteiger partial charge in [-0.25, -0.2) is 18.2 Å². The number of hydrogen-bond donors (Lipinski definition) is 2. The Kier molecular flexibility index (Phi) is 4.04. The van der Waals surface area contributed by atoms with E-state index in [9.17, 15) is 13.2 Å². The van der Waals surface area contributed by atoms with Crippen LogP contribution in [0.5, 0.6) is 0 Å². The predicted molar refractivity (Wildman–Crippen MR) is 70.6 cm³/mol. The second kappa shape index (κ2) is 5.56. The molecule has 7 heteroatoms. The highest BCUT2D eigenvalue weighted by Crippen LogP contribution is 2.25. The van der Waals surface area contributed by atoms with E-state index in [4.69, 9.17) is 5.11 Å². The Hall–Kier alpha value is -1.63. The number of aromatic nitrogens is 1. The second-order valence-corrected chi connectivity index (χ2v) is 6.57. The van der Waals surface area contributed by atoms with Crippen LogP contribution in [0.15, 0.2) is 18.3 Å². The number of sulfonamides is 1. The van der Waals surface area contributed by atoms with Crippen molar-refractivity contribution < 1.29 is 18.3 Å². The van der Waals surface area contributed by atoms with E-state index in [-0.39, 0.29) is 11.4 Å². The number of nitrogens with one attached hydrogen (secondary N) is 1. The van der Waals surface area contributed by atoms with Crippen molar-refractivity contribution in [3.05, 3.63) is 24.0 Å². The molecule has 0 spiro atoms. The quantitative estimate of drug-likeness (QED) is 0.879. The highest BCUT2D eigenvalue weighted by molar-refractivity contribution is 7.93. The molecule has 1 aromatic heterocycles. The first-order valence-corrected chi connectivity index (χ1v) is 7.75. The van der Waals surface area contributed by atoms with E-state index in [1.165, 1.54) is 18.3 Å². The van der Waals surface area contributed by atoms with Gasteiger partial charge in [-0.3, -0.25) is 4.72 Å². The zero-order valence-electron chi connectivity index (χ0n) is 10.4. The third kappa shape index (κ3) is 3.23. The van der Waals surface area contributed by atoms with Crippen molar-refractivity contribution >= 4 is 21.7 Å². The molecule has 0 aromatic carbocycles. The van der Waals surface area contributed by atoms with Gasteiger partial charge in [-0.1, -0.05) is 19.3 Å². The molecule has 0 unspecified atom stereocenters. The molecule has 6 nitrogen and oxygen atoms in total. The normalized spacial score (nSPS) is 17.1. The maximum absolute atomic E-state index is 12.2. The number of hydrogen-bond acceptors (Lipinski definition) is 4. The molecule has 19 heavy (non-hydrogen) atoms. The Morgan fingerprint density at radius 3 is 2.63 bits per heavy atom. The molecule has 1 fully saturated rings. The van der Waals surface area contributed by atoms with Crippen LogP contribution in [0.4, 0.5) is 5.69 Å². The molecule has 0 radical (unpaired) electrons. The van der Waals surface area contributed by atoms with Gasteiger partial charge in [0.2, 0.25) is 10.0 Å². The van der Waals surface area contributed by atoms with Crippen LogP contribution < -0.4 is 4.72 Å². The van der Waals surface area contributed by atoms with E-state index >= 15 is 0 Å². The van der Waals surface area contributed by atoms with Gasteiger partial charge >= 0.3 is 5.97 Å². The van der Waals surface area contributed by atoms with Gasteiger partial charge in [0.15, 0.2) is 5.69 Å². The molecule has 2 N–H and O–H groups in total. The van der Waals surface area contributed by atoms with Gasteiger partial charge in [0.1, 0.15) is 0 Å². The van der Waals surface area contributed by atoms with Crippen LogP contribution in [0, 0.1) is 0 Å². The summed E-state index contributed by atoms with van der Waals surface area (Å²) in [6, 6.07) is 2.92. The summed E-state index contributed by atoms with van der Waals surface area (Å²) in [6.45, 7) is 0. The fourth-order valence-corrected chi connectivity index (χ4v) is 3.86. The van der Waals surface area contributed by atoms with Crippen molar-refractivity contribution in [1.29, 1.82) is 0 Å². The fraction of sp³-hybridized carbons (Fsp3) is 0.500. The molecule has 0 bridgehead atoms. The van der Waals surface area contributed by atoms with E-state index in [1.54, 1.807) is 0 Å². The molecule has 0 atom stereocenters. The van der Waals surface area contributed by atoms with Crippen molar-refractivity contribution in [2.75, 3.05) is 4.72 Å². The lowest BCUT2D eigenvalue weighted by molar-refractivity contribution is 0.0692. The molecule has 2 rings (SSSR count). The summed E-state index contributed by atoms with van der Waals surface area (Å²) >= 11 is 0. The van der Waals surface area contributed by atoms with Gasteiger partial charge in [0.25, 0.3) is 0 Å². The lowest BCUT2D eigenvalue weighted by Crippen LogP contribution is -2.30. The molecule has 1 saturated carbocycles. The SMILES string of the molecule is O=C(O)c1ncccc1NS(=O)(=O)C1CCCCC1. The van der Waals surface area contributed by atoms with E-state index in [0.717, 1.165) is 19.3 Å². The van der Waals surface area contributed by atoms with Crippen molar-refractivity contribution in [1.82, 2.24) is 4.98 Å². The molecule has 0 amide bonds. The number of aromatic carboxylic acids is 1. The van der Waals surface area contributed by atoms with E-state index in [2.05, 4.69) is 9.71 Å². The molecule has 104 valence electrons. The summed E-state index contributed by atoms with van der Waals surface area (Å²) in [4.78, 5) is 14.7. The first kappa shape index (κ1) is 13.8. The fourth-order valence-electron chi connectivity index (χ4n) is 2.27. The van der Waals surface area contributed by atoms with Crippen LogP contribution >= 0.6 is 0 Å². The first-order valence-electron chi connectivity index (χ1n) is 6.20. The Labute approximate surface area is 111 Å². The van der Waals surface area contributed by atoms with Gasteiger partial charge in [0, 0.05) is 6.20 Å². The standard InChI is InChI=1S/C12H16N2O4S/c15-12(16)11-10(7-4-8-13-11)14-19(17,18)9-5-2-1-3-6-9/h4,7-9,14H,1-3,5-6H2,(H,15,16). The summed E-state index contributed by atoms with van der Waals surface area (Å²) in [5, 5.41) is 8.53. The Balaban J connectivity index is 2.22. The molecular weight excluding hydrogens is 268 g/mol. The number of carbonyl (C=O) groups is 1. The predicted octanol–water partition coefficient (Wildman–Crippen LogP) is 1.85. The molecular formula is C12H16N2O4S.